The van der Waals surface area contributed by atoms with E-state index in [1.807, 2.05) is 0 Å². The maximum atomic E-state index is 12.9. The predicted octanol–water partition coefficient (Wildman–Crippen LogP) is 2.76. The van der Waals surface area contributed by atoms with Gasteiger partial charge < -0.3 is 13.9 Å². The molecule has 2 unspecified atom stereocenters. The van der Waals surface area contributed by atoms with Crippen LogP contribution in [-0.4, -0.2) is 30.3 Å². The van der Waals surface area contributed by atoms with E-state index in [4.69, 9.17) is 9.15 Å². The minimum Gasteiger partial charge on any atom is -0.460 e. The lowest BCUT2D eigenvalue weighted by Gasteiger charge is -2.03. The van der Waals surface area contributed by atoms with Crippen molar-refractivity contribution in [2.75, 3.05) is 13.2 Å². The Morgan fingerprint density at radius 1 is 1.50 bits per heavy atom. The fourth-order valence-corrected chi connectivity index (χ4v) is 2.03. The van der Waals surface area contributed by atoms with Crippen LogP contribution in [0.3, 0.4) is 0 Å². The topological polar surface area (TPSA) is 61.6 Å². The van der Waals surface area contributed by atoms with Gasteiger partial charge >= 0.3 is 12.1 Å². The molecular formula is C12H14F3NO4. The number of hydrogen-bond acceptors (Lipinski definition) is 5. The molecular weight excluding hydrogens is 279 g/mol. The largest absolute Gasteiger partial charge is 0.460 e. The van der Waals surface area contributed by atoms with E-state index in [9.17, 15) is 18.0 Å². The van der Waals surface area contributed by atoms with Crippen LogP contribution in [0.1, 0.15) is 48.3 Å². The van der Waals surface area contributed by atoms with Crippen LogP contribution in [0.5, 0.6) is 0 Å². The summed E-state index contributed by atoms with van der Waals surface area (Å²) in [6.07, 6.45) is -4.35. The molecule has 0 bridgehead atoms. The van der Waals surface area contributed by atoms with E-state index in [1.165, 1.54) is 6.92 Å². The lowest BCUT2D eigenvalue weighted by Crippen LogP contribution is -2.14. The number of aromatic nitrogens is 1. The number of rotatable bonds is 3. The summed E-state index contributed by atoms with van der Waals surface area (Å²) in [5, 5.41) is 0. The molecule has 20 heavy (non-hydrogen) atoms. The van der Waals surface area contributed by atoms with Crippen molar-refractivity contribution in [3.63, 3.8) is 0 Å². The highest BCUT2D eigenvalue weighted by Crippen LogP contribution is 2.36. The van der Waals surface area contributed by atoms with Gasteiger partial charge in [-0.05, 0) is 20.3 Å². The highest BCUT2D eigenvalue weighted by Gasteiger charge is 2.43. The van der Waals surface area contributed by atoms with Gasteiger partial charge in [0.05, 0.1) is 25.2 Å². The standard InChI is InChI=1S/C12H14F3NO4/c1-3-18-11(17)8-9(12(13,14)15)16-10(20-8)7-4-6(2)19-5-7/h6-7H,3-5H2,1-2H3. The average molecular weight is 293 g/mol. The molecule has 0 saturated carbocycles. The number of hydrogen-bond donors (Lipinski definition) is 0. The smallest absolute Gasteiger partial charge is 0.437 e. The molecule has 0 amide bonds. The Labute approximate surface area is 113 Å². The molecule has 0 spiro atoms. The van der Waals surface area contributed by atoms with Crippen LogP contribution in [0.15, 0.2) is 4.42 Å². The lowest BCUT2D eigenvalue weighted by molar-refractivity contribution is -0.141. The van der Waals surface area contributed by atoms with Crippen molar-refractivity contribution >= 4 is 5.97 Å². The molecule has 1 saturated heterocycles. The third kappa shape index (κ3) is 2.95. The Bertz CT molecular complexity index is 497. The van der Waals surface area contributed by atoms with E-state index in [0.29, 0.717) is 6.42 Å². The first kappa shape index (κ1) is 14.8. The third-order valence-corrected chi connectivity index (χ3v) is 2.92. The van der Waals surface area contributed by atoms with E-state index in [1.54, 1.807) is 6.92 Å². The number of halogens is 3. The zero-order valence-corrected chi connectivity index (χ0v) is 11.0. The quantitative estimate of drug-likeness (QED) is 0.802. The third-order valence-electron chi connectivity index (χ3n) is 2.92. The zero-order valence-electron chi connectivity index (χ0n) is 11.0. The first-order valence-electron chi connectivity index (χ1n) is 6.19. The van der Waals surface area contributed by atoms with Crippen molar-refractivity contribution in [1.82, 2.24) is 4.98 Å². The van der Waals surface area contributed by atoms with Crippen LogP contribution >= 0.6 is 0 Å². The molecule has 1 aromatic rings. The highest BCUT2D eigenvalue weighted by atomic mass is 19.4. The number of oxazole rings is 1. The van der Waals surface area contributed by atoms with Gasteiger partial charge in [-0.2, -0.15) is 13.2 Å². The van der Waals surface area contributed by atoms with Crippen LogP contribution in [-0.2, 0) is 15.7 Å². The molecule has 1 aliphatic rings. The van der Waals surface area contributed by atoms with E-state index in [2.05, 4.69) is 9.72 Å². The molecule has 0 N–H and O–H groups in total. The van der Waals surface area contributed by atoms with Gasteiger partial charge in [0.15, 0.2) is 5.69 Å². The summed E-state index contributed by atoms with van der Waals surface area (Å²) in [7, 11) is 0. The van der Waals surface area contributed by atoms with Crippen molar-refractivity contribution in [2.24, 2.45) is 0 Å². The van der Waals surface area contributed by atoms with Gasteiger partial charge in [0, 0.05) is 0 Å². The van der Waals surface area contributed by atoms with Crippen LogP contribution in [0.2, 0.25) is 0 Å². The fraction of sp³-hybridized carbons (Fsp3) is 0.667. The summed E-state index contributed by atoms with van der Waals surface area (Å²) in [6, 6.07) is 0. The SMILES string of the molecule is CCOC(=O)c1oc(C2COC(C)C2)nc1C(F)(F)F. The summed E-state index contributed by atoms with van der Waals surface area (Å²) >= 11 is 0. The minimum absolute atomic E-state index is 0.0459. The Hall–Kier alpha value is -1.57. The zero-order chi connectivity index (χ0) is 14.9. The van der Waals surface area contributed by atoms with Gasteiger partial charge in [-0.25, -0.2) is 9.78 Å². The molecule has 1 aromatic heterocycles. The maximum Gasteiger partial charge on any atom is 0.437 e. The van der Waals surface area contributed by atoms with Crippen molar-refractivity contribution in [3.05, 3.63) is 17.3 Å². The van der Waals surface area contributed by atoms with Gasteiger partial charge in [-0.3, -0.25) is 0 Å². The monoisotopic (exact) mass is 293 g/mol. The number of alkyl halides is 3. The number of carbonyl (C=O) groups is 1. The number of carbonyl (C=O) groups excluding carboxylic acids is 1. The van der Waals surface area contributed by atoms with E-state index >= 15 is 0 Å². The number of nitrogens with zero attached hydrogens (tertiary/aromatic N) is 1. The van der Waals surface area contributed by atoms with Crippen molar-refractivity contribution < 1.29 is 31.9 Å². The Morgan fingerprint density at radius 2 is 2.20 bits per heavy atom. The van der Waals surface area contributed by atoms with Crippen LogP contribution in [0.4, 0.5) is 13.2 Å². The molecule has 5 nitrogen and oxygen atoms in total. The van der Waals surface area contributed by atoms with Gasteiger partial charge in [0.1, 0.15) is 0 Å². The predicted molar refractivity (Wildman–Crippen MR) is 60.2 cm³/mol. The number of esters is 1. The molecule has 0 radical (unpaired) electrons. The molecule has 8 heteroatoms. The normalized spacial score (nSPS) is 23.1. The molecule has 2 heterocycles. The lowest BCUT2D eigenvalue weighted by atomic mass is 10.1. The second kappa shape index (κ2) is 5.43. The minimum atomic E-state index is -4.77. The van der Waals surface area contributed by atoms with Crippen molar-refractivity contribution in [1.29, 1.82) is 0 Å². The summed E-state index contributed by atoms with van der Waals surface area (Å²) in [5.74, 6) is -2.57. The van der Waals surface area contributed by atoms with Crippen LogP contribution in [0.25, 0.3) is 0 Å². The molecule has 1 aliphatic heterocycles. The summed E-state index contributed by atoms with van der Waals surface area (Å²) in [6.45, 7) is 3.48. The van der Waals surface area contributed by atoms with Crippen LogP contribution in [0, 0.1) is 0 Å². The maximum absolute atomic E-state index is 12.9. The van der Waals surface area contributed by atoms with E-state index in [0.717, 1.165) is 0 Å². The molecule has 1 fully saturated rings. The van der Waals surface area contributed by atoms with E-state index in [-0.39, 0.29) is 31.1 Å². The number of ether oxygens (including phenoxy) is 2. The summed E-state index contributed by atoms with van der Waals surface area (Å²) < 4.78 is 53.4. The van der Waals surface area contributed by atoms with Crippen molar-refractivity contribution in [3.8, 4) is 0 Å². The molecule has 112 valence electrons. The van der Waals surface area contributed by atoms with Gasteiger partial charge in [0.25, 0.3) is 0 Å². The van der Waals surface area contributed by atoms with Crippen molar-refractivity contribution in [2.45, 2.75) is 38.5 Å². The summed E-state index contributed by atoms with van der Waals surface area (Å²) in [5.41, 5.74) is -1.34. The first-order valence-corrected chi connectivity index (χ1v) is 6.19. The second-order valence-electron chi connectivity index (χ2n) is 4.52. The fourth-order valence-electron chi connectivity index (χ4n) is 2.03. The van der Waals surface area contributed by atoms with Crippen LogP contribution < -0.4 is 0 Å². The molecule has 2 atom stereocenters. The molecule has 0 aliphatic carbocycles. The Morgan fingerprint density at radius 3 is 2.70 bits per heavy atom. The Balaban J connectivity index is 2.34. The second-order valence-corrected chi connectivity index (χ2v) is 4.52. The van der Waals surface area contributed by atoms with Gasteiger partial charge in [-0.15, -0.1) is 0 Å². The van der Waals surface area contributed by atoms with Gasteiger partial charge in [0.2, 0.25) is 11.7 Å². The highest BCUT2D eigenvalue weighted by molar-refractivity contribution is 5.87. The molecule has 2 rings (SSSR count). The first-order chi connectivity index (χ1) is 9.32. The van der Waals surface area contributed by atoms with Gasteiger partial charge in [-0.1, -0.05) is 0 Å². The molecule has 0 aromatic carbocycles. The summed E-state index contributed by atoms with van der Waals surface area (Å²) in [4.78, 5) is 14.9. The van der Waals surface area contributed by atoms with E-state index < -0.39 is 23.6 Å². The average Bonchev–Trinajstić information content (AvgIpc) is 2.94. The Kier molecular flexibility index (Phi) is 4.03.